The van der Waals surface area contributed by atoms with Crippen molar-refractivity contribution in [3.05, 3.63) is 44.9 Å². The molecular weight excluding hydrogens is 1080 g/mol. The van der Waals surface area contributed by atoms with E-state index in [9.17, 15) is 38.7 Å². The number of rotatable bonds is 36. The number of halogens is 2. The van der Waals surface area contributed by atoms with Crippen LogP contribution in [-0.4, -0.2) is 179 Å². The third-order valence-corrected chi connectivity index (χ3v) is 16.3. The van der Waals surface area contributed by atoms with Crippen LogP contribution < -0.4 is 21.7 Å². The number of likely N-dealkylation sites (tertiary alicyclic amines) is 1. The summed E-state index contributed by atoms with van der Waals surface area (Å²) in [5.41, 5.74) is 6.26. The van der Waals surface area contributed by atoms with Crippen molar-refractivity contribution in [2.75, 3.05) is 94.0 Å². The Bertz CT molecular complexity index is 1950. The molecule has 0 spiro atoms. The van der Waals surface area contributed by atoms with Crippen LogP contribution in [0.2, 0.25) is 0 Å². The molecule has 0 aliphatic carbocycles. The number of nitrogens with one attached hydrogen (secondary N) is 3. The smallest absolute Gasteiger partial charge is 0.259 e. The predicted molar refractivity (Wildman–Crippen MR) is 294 cm³/mol. The fourth-order valence-electron chi connectivity index (χ4n) is 9.97. The molecule has 20 heteroatoms. The van der Waals surface area contributed by atoms with Crippen LogP contribution in [0.25, 0.3) is 0 Å². The molecule has 6 N–H and O–H groups in total. The van der Waals surface area contributed by atoms with Crippen LogP contribution in [0.15, 0.2) is 39.3 Å². The predicted octanol–water partition coefficient (Wildman–Crippen LogP) is 4.48. The highest BCUT2D eigenvalue weighted by Gasteiger charge is 2.43. The second-order valence-electron chi connectivity index (χ2n) is 20.4. The van der Waals surface area contributed by atoms with E-state index in [4.69, 9.17) is 19.9 Å². The fraction of sp³-hybridized carbons (Fsp3) is 0.722. The summed E-state index contributed by atoms with van der Waals surface area (Å²) in [5.74, 6) is -4.59. The largest absolute Gasteiger partial charge is 0.396 e. The highest BCUT2D eigenvalue weighted by atomic mass is 79.9. The normalized spacial score (nSPS) is 17.4. The van der Waals surface area contributed by atoms with Crippen molar-refractivity contribution in [2.24, 2.45) is 47.2 Å². The van der Waals surface area contributed by atoms with Crippen molar-refractivity contribution in [3.8, 4) is 0 Å². The Kier molecular flexibility index (Phi) is 31.4. The van der Waals surface area contributed by atoms with Crippen LogP contribution in [0.1, 0.15) is 92.6 Å². The number of hydrogen-bond donors (Lipinski definition) is 5. The number of hydrogen-bond acceptors (Lipinski definition) is 13. The van der Waals surface area contributed by atoms with Gasteiger partial charge >= 0.3 is 0 Å². The van der Waals surface area contributed by atoms with E-state index in [0.29, 0.717) is 45.4 Å². The molecule has 1 aliphatic rings. The molecule has 74 heavy (non-hydrogen) atoms. The van der Waals surface area contributed by atoms with E-state index in [2.05, 4.69) is 47.8 Å². The summed E-state index contributed by atoms with van der Waals surface area (Å²) in [4.78, 5) is 101. The lowest BCUT2D eigenvalue weighted by molar-refractivity contribution is -0.148. The summed E-state index contributed by atoms with van der Waals surface area (Å²) in [5, 5.41) is 19.1. The number of ether oxygens (including phenoxy) is 3. The van der Waals surface area contributed by atoms with E-state index in [1.165, 1.54) is 0 Å². The minimum absolute atomic E-state index is 0.000769. The Morgan fingerprint density at radius 1 is 0.797 bits per heavy atom. The number of carbonyl (C=O) groups is 7. The number of Topliss-reactive ketones (excluding diaryl/α,β-unsaturated/α-hetero) is 2. The van der Waals surface area contributed by atoms with Gasteiger partial charge in [0.1, 0.15) is 14.7 Å². The van der Waals surface area contributed by atoms with Crippen LogP contribution in [0.5, 0.6) is 0 Å². The minimum Gasteiger partial charge on any atom is -0.396 e. The summed E-state index contributed by atoms with van der Waals surface area (Å²) in [7, 11) is 7.05. The van der Waals surface area contributed by atoms with E-state index < -0.39 is 53.7 Å². The Balaban J connectivity index is 2.14. The molecule has 0 bridgehead atoms. The molecular formula is C54H89Br2N7O11. The highest BCUT2D eigenvalue weighted by Crippen LogP contribution is 2.33. The molecule has 2 rings (SSSR count). The monoisotopic (exact) mass is 1170 g/mol. The van der Waals surface area contributed by atoms with Crippen LogP contribution in [0.3, 0.4) is 0 Å². The number of aliphatic hydroxyl groups is 1. The summed E-state index contributed by atoms with van der Waals surface area (Å²) < 4.78 is 17.0. The van der Waals surface area contributed by atoms with Gasteiger partial charge in [0.05, 0.1) is 51.0 Å². The number of likely N-dealkylation sites (N-methyl/N-ethyl adjacent to an activating group) is 2. The summed E-state index contributed by atoms with van der Waals surface area (Å²) in [6.45, 7) is 15.6. The van der Waals surface area contributed by atoms with E-state index in [0.717, 1.165) is 5.56 Å². The molecule has 1 aromatic carbocycles. The molecule has 1 heterocycles. The van der Waals surface area contributed by atoms with Gasteiger partial charge in [-0.3, -0.25) is 38.5 Å². The lowest BCUT2D eigenvalue weighted by Crippen LogP contribution is -2.54. The molecule has 1 saturated heterocycles. The third kappa shape index (κ3) is 21.1. The van der Waals surface area contributed by atoms with Crippen LogP contribution in [-0.2, 0) is 54.2 Å². The van der Waals surface area contributed by atoms with Gasteiger partial charge in [-0.1, -0.05) is 85.2 Å². The Hall–Kier alpha value is -3.63. The van der Waals surface area contributed by atoms with Crippen molar-refractivity contribution >= 4 is 73.0 Å². The molecule has 420 valence electrons. The zero-order valence-corrected chi connectivity index (χ0v) is 49.1. The van der Waals surface area contributed by atoms with E-state index in [1.54, 1.807) is 30.9 Å². The first-order valence-electron chi connectivity index (χ1n) is 26.3. The zero-order valence-electron chi connectivity index (χ0n) is 46.0. The second-order valence-corrected chi connectivity index (χ2v) is 22.0. The molecule has 18 nitrogen and oxygen atoms in total. The van der Waals surface area contributed by atoms with Crippen molar-refractivity contribution in [1.82, 2.24) is 30.7 Å². The Morgan fingerprint density at radius 3 is 1.86 bits per heavy atom. The number of ketones is 2. The maximum atomic E-state index is 14.5. The van der Waals surface area contributed by atoms with Crippen molar-refractivity contribution in [1.29, 1.82) is 0 Å². The van der Waals surface area contributed by atoms with E-state index >= 15 is 0 Å². The average molecular weight is 1170 g/mol. The molecule has 0 saturated carbocycles. The Morgan fingerprint density at radius 2 is 1.36 bits per heavy atom. The number of aliphatic hydroxyl groups excluding tert-OH is 1. The van der Waals surface area contributed by atoms with Crippen molar-refractivity contribution in [2.45, 2.75) is 118 Å². The van der Waals surface area contributed by atoms with Gasteiger partial charge in [-0.05, 0) is 88.5 Å². The minimum atomic E-state index is -0.733. The van der Waals surface area contributed by atoms with Gasteiger partial charge in [-0.25, -0.2) is 0 Å². The van der Waals surface area contributed by atoms with Gasteiger partial charge in [0.25, 0.3) is 11.8 Å². The van der Waals surface area contributed by atoms with E-state index in [1.807, 2.05) is 90.9 Å². The molecule has 1 aliphatic heterocycles. The van der Waals surface area contributed by atoms with Crippen LogP contribution >= 0.6 is 31.9 Å². The molecule has 0 radical (unpaired) electrons. The zero-order chi connectivity index (χ0) is 55.7. The standard InChI is InChI=1S/C54H89Br2N7O11/c1-12-36(6)50(62(10)54(71)40(34(2)3)31-44(66)49(35(4)5)61(8)9)45(72-11)32-46(67)63-24-16-19-42(63)41(33-64)37(7)43(65)30-39(29-38-17-14-13-15-18-38)51(68)58-21-27-74-28-23-60-53(70)48(56)47(55)52(69)59-22-26-73-25-20-57/h13-15,17-18,34-37,39-42,45,49-50,64H,12,16,19-33,57H2,1-11H3,(H,58,68)(H,59,69)(H,60,70)/b48-47-/t36?,37-,39-,40+,41-,42+,45?,49+,50+/m1/s1. The van der Waals surface area contributed by atoms with Gasteiger partial charge in [0, 0.05) is 96.0 Å². The number of methoxy groups -OCH3 is 1. The van der Waals surface area contributed by atoms with Crippen molar-refractivity contribution in [3.63, 3.8) is 0 Å². The van der Waals surface area contributed by atoms with Gasteiger partial charge in [-0.15, -0.1) is 0 Å². The highest BCUT2D eigenvalue weighted by molar-refractivity contribution is 9.14. The summed E-state index contributed by atoms with van der Waals surface area (Å²) >= 11 is 6.29. The first-order chi connectivity index (χ1) is 35.1. The quantitative estimate of drug-likeness (QED) is 0.0461. The van der Waals surface area contributed by atoms with Crippen molar-refractivity contribution < 1.29 is 52.9 Å². The molecule has 2 unspecified atom stereocenters. The molecule has 1 aromatic rings. The topological polar surface area (TPSA) is 239 Å². The summed E-state index contributed by atoms with van der Waals surface area (Å²) in [6.07, 6.45) is 1.58. The number of amides is 5. The number of nitrogens with zero attached hydrogens (tertiary/aromatic N) is 3. The SMILES string of the molecule is CCC(C)[C@@H](C(CC(=O)N1CCC[C@H]1[C@H](CO)[C@@H](C)C(=O)C[C@@H](Cc1ccccc1)C(=O)NCCOCCNC(=O)/C(Br)=C(/Br)C(=O)NCCOCCN)OC)N(C)C(=O)[C@@H](CC(=O)[C@H](C(C)C)N(C)C)C(C)C. The number of nitrogens with two attached hydrogens (primary N) is 1. The lowest BCUT2D eigenvalue weighted by Gasteiger charge is -2.41. The van der Waals surface area contributed by atoms with Gasteiger partial charge in [0.15, 0.2) is 5.78 Å². The van der Waals surface area contributed by atoms with Crippen LogP contribution in [0.4, 0.5) is 0 Å². The molecule has 5 amide bonds. The van der Waals surface area contributed by atoms with Gasteiger partial charge in [0.2, 0.25) is 17.7 Å². The number of benzene rings is 1. The fourth-order valence-corrected chi connectivity index (χ4v) is 10.6. The van der Waals surface area contributed by atoms with E-state index in [-0.39, 0.29) is 127 Å². The number of carbonyl (C=O) groups excluding carboxylic acids is 7. The summed E-state index contributed by atoms with van der Waals surface area (Å²) in [6, 6.07) is 8.16. The third-order valence-electron chi connectivity index (χ3n) is 14.2. The maximum Gasteiger partial charge on any atom is 0.259 e. The first-order valence-corrected chi connectivity index (χ1v) is 27.9. The van der Waals surface area contributed by atoms with Gasteiger partial charge < -0.3 is 50.8 Å². The maximum absolute atomic E-state index is 14.5. The Labute approximate surface area is 458 Å². The lowest BCUT2D eigenvalue weighted by atomic mass is 9.80. The molecule has 9 atom stereocenters. The van der Waals surface area contributed by atoms with Gasteiger partial charge in [-0.2, -0.15) is 0 Å². The molecule has 1 fully saturated rings. The first kappa shape index (κ1) is 66.5. The van der Waals surface area contributed by atoms with Crippen LogP contribution in [0, 0.1) is 41.4 Å². The molecule has 0 aromatic heterocycles. The second kappa shape index (κ2) is 34.9. The average Bonchev–Trinajstić information content (AvgIpc) is 3.86.